The molecule has 0 radical (unpaired) electrons. The number of aliphatic hydroxyl groups excluding tert-OH is 1. The molecule has 0 bridgehead atoms. The fraction of sp³-hybridized carbons (Fsp3) is 0.536. The number of hydrogen-bond acceptors (Lipinski definition) is 6. The van der Waals surface area contributed by atoms with Crippen LogP contribution in [-0.2, 0) is 11.2 Å². The predicted octanol–water partition coefficient (Wildman–Crippen LogP) is 6.21. The number of piperazine rings is 1. The normalized spacial score (nSPS) is 12.8. The van der Waals surface area contributed by atoms with Gasteiger partial charge in [0.1, 0.15) is 17.2 Å². The SMILES string of the molecule is CC.CC.CCSN1CCN(C(=O)CCc2cc(C)c(Oc3ccc(O)cc3)c(C)c2)CC1.CO. The molecule has 2 aromatic carbocycles. The van der Waals surface area contributed by atoms with Gasteiger partial charge in [-0.15, -0.1) is 0 Å². The van der Waals surface area contributed by atoms with E-state index in [1.54, 1.807) is 24.3 Å². The van der Waals surface area contributed by atoms with Gasteiger partial charge >= 0.3 is 0 Å². The zero-order valence-electron chi connectivity index (χ0n) is 22.9. The molecule has 1 heterocycles. The molecule has 3 rings (SSSR count). The highest BCUT2D eigenvalue weighted by Gasteiger charge is 2.21. The Morgan fingerprint density at radius 1 is 0.943 bits per heavy atom. The molecule has 0 atom stereocenters. The first kappa shape index (κ1) is 32.8. The Morgan fingerprint density at radius 3 is 1.94 bits per heavy atom. The number of phenols is 1. The number of benzene rings is 2. The molecule has 1 amide bonds. The second-order valence-electron chi connectivity index (χ2n) is 7.38. The molecule has 0 unspecified atom stereocenters. The Morgan fingerprint density at radius 2 is 1.46 bits per heavy atom. The Hall–Kier alpha value is -2.22. The second kappa shape index (κ2) is 19.0. The van der Waals surface area contributed by atoms with Gasteiger partial charge in [-0.3, -0.25) is 4.79 Å². The van der Waals surface area contributed by atoms with Gasteiger partial charge in [-0.1, -0.05) is 58.7 Å². The summed E-state index contributed by atoms with van der Waals surface area (Å²) < 4.78 is 8.36. The van der Waals surface area contributed by atoms with Gasteiger partial charge in [0.05, 0.1) is 0 Å². The average molecular weight is 507 g/mol. The van der Waals surface area contributed by atoms with E-state index >= 15 is 0 Å². The Balaban J connectivity index is 0.00000179. The average Bonchev–Trinajstić information content (AvgIpc) is 2.90. The van der Waals surface area contributed by atoms with Crippen LogP contribution < -0.4 is 4.74 Å². The molecular formula is C28H46N2O4S. The van der Waals surface area contributed by atoms with E-state index < -0.39 is 0 Å². The number of aryl methyl sites for hydroxylation is 3. The minimum atomic E-state index is 0.219. The van der Waals surface area contributed by atoms with Crippen molar-refractivity contribution in [3.05, 3.63) is 53.1 Å². The smallest absolute Gasteiger partial charge is 0.222 e. The van der Waals surface area contributed by atoms with E-state index in [0.717, 1.165) is 67.9 Å². The molecule has 1 fully saturated rings. The van der Waals surface area contributed by atoms with E-state index in [0.29, 0.717) is 12.2 Å². The number of ether oxygens (including phenoxy) is 1. The molecule has 0 aliphatic carbocycles. The molecule has 0 aromatic heterocycles. The first-order valence-electron chi connectivity index (χ1n) is 12.6. The van der Waals surface area contributed by atoms with Crippen molar-refractivity contribution in [3.8, 4) is 17.2 Å². The number of nitrogens with zero attached hydrogens (tertiary/aromatic N) is 2. The summed E-state index contributed by atoms with van der Waals surface area (Å²) in [5, 5.41) is 16.4. The van der Waals surface area contributed by atoms with Gasteiger partial charge in [0.15, 0.2) is 0 Å². The molecule has 1 aliphatic rings. The van der Waals surface area contributed by atoms with E-state index in [2.05, 4.69) is 23.4 Å². The zero-order valence-corrected chi connectivity index (χ0v) is 23.7. The molecule has 1 aliphatic heterocycles. The van der Waals surface area contributed by atoms with Crippen LogP contribution in [0.5, 0.6) is 17.2 Å². The van der Waals surface area contributed by atoms with Gasteiger partial charge in [-0.2, -0.15) is 0 Å². The molecule has 6 nitrogen and oxygen atoms in total. The van der Waals surface area contributed by atoms with Gasteiger partial charge in [-0.05, 0) is 61.2 Å². The van der Waals surface area contributed by atoms with Crippen molar-refractivity contribution in [2.75, 3.05) is 39.0 Å². The quantitative estimate of drug-likeness (QED) is 0.435. The van der Waals surface area contributed by atoms with Gasteiger partial charge < -0.3 is 19.8 Å². The summed E-state index contributed by atoms with van der Waals surface area (Å²) in [6.07, 6.45) is 1.28. The number of carbonyl (C=O) groups excluding carboxylic acids is 1. The summed E-state index contributed by atoms with van der Waals surface area (Å²) in [5.41, 5.74) is 3.25. The lowest BCUT2D eigenvalue weighted by molar-refractivity contribution is -0.132. The maximum absolute atomic E-state index is 12.6. The van der Waals surface area contributed by atoms with E-state index in [1.165, 1.54) is 0 Å². The summed E-state index contributed by atoms with van der Waals surface area (Å²) in [5.74, 6) is 3.06. The summed E-state index contributed by atoms with van der Waals surface area (Å²) in [6, 6.07) is 10.9. The number of phenolic OH excluding ortho intramolecular Hbond substituents is 1. The number of rotatable bonds is 7. The third kappa shape index (κ3) is 11.4. The topological polar surface area (TPSA) is 73.2 Å². The van der Waals surface area contributed by atoms with Crippen molar-refractivity contribution >= 4 is 17.9 Å². The summed E-state index contributed by atoms with van der Waals surface area (Å²) in [7, 11) is 1.00. The molecule has 2 aromatic rings. The number of hydrogen-bond donors (Lipinski definition) is 2. The van der Waals surface area contributed by atoms with E-state index in [1.807, 2.05) is 58.4 Å². The monoisotopic (exact) mass is 506 g/mol. The lowest BCUT2D eigenvalue weighted by Crippen LogP contribution is -2.46. The van der Waals surface area contributed by atoms with Gasteiger partial charge in [0.25, 0.3) is 0 Å². The standard InChI is InChI=1S/C23H30N2O3S.2C2H6.CH4O/c1-4-29-25-13-11-24(12-14-25)22(27)10-5-19-15-17(2)23(18(3)16-19)28-21-8-6-20(26)7-9-21;3*1-2/h6-9,15-16,26H,4-5,10-14H2,1-3H3;2*1-2H3;2H,1H3. The van der Waals surface area contributed by atoms with Crippen molar-refractivity contribution in [2.45, 2.75) is 61.3 Å². The van der Waals surface area contributed by atoms with Crippen molar-refractivity contribution in [1.29, 1.82) is 0 Å². The molecule has 0 saturated carbocycles. The molecule has 198 valence electrons. The van der Waals surface area contributed by atoms with Gasteiger partial charge in [-0.25, -0.2) is 4.31 Å². The van der Waals surface area contributed by atoms with Gasteiger partial charge in [0, 0.05) is 45.5 Å². The van der Waals surface area contributed by atoms with E-state index in [-0.39, 0.29) is 11.7 Å². The van der Waals surface area contributed by atoms with Crippen LogP contribution >= 0.6 is 11.9 Å². The molecular weight excluding hydrogens is 460 g/mol. The fourth-order valence-electron chi connectivity index (χ4n) is 3.64. The molecule has 0 spiro atoms. The van der Waals surface area contributed by atoms with Crippen LogP contribution in [0.15, 0.2) is 36.4 Å². The van der Waals surface area contributed by atoms with Crippen LogP contribution in [0.1, 0.15) is 57.7 Å². The first-order valence-corrected chi connectivity index (χ1v) is 13.6. The van der Waals surface area contributed by atoms with Crippen LogP contribution in [0.4, 0.5) is 0 Å². The number of aromatic hydroxyl groups is 1. The minimum absolute atomic E-state index is 0.219. The number of carbonyl (C=O) groups is 1. The van der Waals surface area contributed by atoms with Crippen LogP contribution in [0.3, 0.4) is 0 Å². The lowest BCUT2D eigenvalue weighted by atomic mass is 10.0. The van der Waals surface area contributed by atoms with Crippen LogP contribution in [0, 0.1) is 13.8 Å². The van der Waals surface area contributed by atoms with E-state index in [4.69, 9.17) is 9.84 Å². The Bertz CT molecular complexity index is 812. The number of aliphatic hydroxyl groups is 1. The summed E-state index contributed by atoms with van der Waals surface area (Å²) >= 11 is 1.85. The molecule has 1 saturated heterocycles. The highest BCUT2D eigenvalue weighted by molar-refractivity contribution is 7.96. The maximum atomic E-state index is 12.6. The fourth-order valence-corrected chi connectivity index (χ4v) is 4.42. The first-order chi connectivity index (χ1) is 17.0. The van der Waals surface area contributed by atoms with Crippen molar-refractivity contribution in [1.82, 2.24) is 9.21 Å². The summed E-state index contributed by atoms with van der Waals surface area (Å²) in [6.45, 7) is 17.8. The van der Waals surface area contributed by atoms with Crippen molar-refractivity contribution < 1.29 is 19.7 Å². The van der Waals surface area contributed by atoms with Crippen LogP contribution in [0.2, 0.25) is 0 Å². The molecule has 2 N–H and O–H groups in total. The van der Waals surface area contributed by atoms with Crippen molar-refractivity contribution in [2.24, 2.45) is 0 Å². The third-order valence-corrected chi connectivity index (χ3v) is 6.10. The second-order valence-corrected chi connectivity index (χ2v) is 8.73. The predicted molar refractivity (Wildman–Crippen MR) is 150 cm³/mol. The highest BCUT2D eigenvalue weighted by atomic mass is 32.2. The molecule has 35 heavy (non-hydrogen) atoms. The third-order valence-electron chi connectivity index (χ3n) is 5.11. The summed E-state index contributed by atoms with van der Waals surface area (Å²) in [4.78, 5) is 14.6. The molecule has 7 heteroatoms. The van der Waals surface area contributed by atoms with Crippen LogP contribution in [-0.4, -0.2) is 64.4 Å². The highest BCUT2D eigenvalue weighted by Crippen LogP contribution is 2.31. The Kier molecular flexibility index (Phi) is 17.8. The minimum Gasteiger partial charge on any atom is -0.508 e. The largest absolute Gasteiger partial charge is 0.508 e. The number of amides is 1. The zero-order chi connectivity index (χ0) is 26.8. The van der Waals surface area contributed by atoms with Crippen LogP contribution in [0.25, 0.3) is 0 Å². The van der Waals surface area contributed by atoms with Gasteiger partial charge in [0.2, 0.25) is 5.91 Å². The Labute approximate surface area is 217 Å². The van der Waals surface area contributed by atoms with Crippen molar-refractivity contribution in [3.63, 3.8) is 0 Å². The lowest BCUT2D eigenvalue weighted by Gasteiger charge is -2.33. The van der Waals surface area contributed by atoms with E-state index in [9.17, 15) is 9.90 Å². The maximum Gasteiger partial charge on any atom is 0.222 e.